The Hall–Kier alpha value is -2.04. The molecule has 0 radical (unpaired) electrons. The summed E-state index contributed by atoms with van der Waals surface area (Å²) in [5, 5.41) is 0. The topological polar surface area (TPSA) is 49.9 Å². The predicted molar refractivity (Wildman–Crippen MR) is 94.2 cm³/mol. The van der Waals surface area contributed by atoms with Crippen LogP contribution < -0.4 is 4.74 Å². The Balaban J connectivity index is 1.87. The van der Waals surface area contributed by atoms with E-state index < -0.39 is 0 Å². The Kier molecular flexibility index (Phi) is 6.64. The van der Waals surface area contributed by atoms with Crippen molar-refractivity contribution in [2.75, 3.05) is 32.8 Å². The highest BCUT2D eigenvalue weighted by Gasteiger charge is 2.25. The lowest BCUT2D eigenvalue weighted by atomic mass is 10.1. The average molecular weight is 332 g/mol. The SMILES string of the molecule is CCCOc1ccc(C(=O)N2CCN(C(=O)CC(C)C)CC2)cc1. The molecule has 1 heterocycles. The van der Waals surface area contributed by atoms with Gasteiger partial charge in [0.25, 0.3) is 5.91 Å². The first kappa shape index (κ1) is 18.3. The third kappa shape index (κ3) is 4.98. The van der Waals surface area contributed by atoms with E-state index in [2.05, 4.69) is 6.92 Å². The zero-order valence-corrected chi connectivity index (χ0v) is 15.0. The minimum atomic E-state index is 0.0213. The smallest absolute Gasteiger partial charge is 0.253 e. The molecule has 0 unspecified atom stereocenters. The predicted octanol–water partition coefficient (Wildman–Crippen LogP) is 2.81. The molecular formula is C19H28N2O3. The summed E-state index contributed by atoms with van der Waals surface area (Å²) in [6.07, 6.45) is 1.54. The summed E-state index contributed by atoms with van der Waals surface area (Å²) in [6, 6.07) is 7.30. The second kappa shape index (κ2) is 8.71. The highest BCUT2D eigenvalue weighted by molar-refractivity contribution is 5.94. The van der Waals surface area contributed by atoms with Gasteiger partial charge in [0.05, 0.1) is 6.61 Å². The molecule has 0 aromatic heterocycles. The Morgan fingerprint density at radius 1 is 1.04 bits per heavy atom. The van der Waals surface area contributed by atoms with Crippen molar-refractivity contribution in [2.45, 2.75) is 33.6 Å². The van der Waals surface area contributed by atoms with Crippen LogP contribution in [0.15, 0.2) is 24.3 Å². The summed E-state index contributed by atoms with van der Waals surface area (Å²) in [6.45, 7) is 9.26. The maximum Gasteiger partial charge on any atom is 0.253 e. The van der Waals surface area contributed by atoms with Crippen LogP contribution in [0.25, 0.3) is 0 Å². The summed E-state index contributed by atoms with van der Waals surface area (Å²) < 4.78 is 5.54. The quantitative estimate of drug-likeness (QED) is 0.805. The lowest BCUT2D eigenvalue weighted by Gasteiger charge is -2.35. The third-order valence-corrected chi connectivity index (χ3v) is 4.08. The summed E-state index contributed by atoms with van der Waals surface area (Å²) in [4.78, 5) is 28.3. The van der Waals surface area contributed by atoms with Crippen LogP contribution in [-0.4, -0.2) is 54.4 Å². The molecule has 0 spiro atoms. The monoisotopic (exact) mass is 332 g/mol. The fourth-order valence-electron chi connectivity index (χ4n) is 2.73. The van der Waals surface area contributed by atoms with Gasteiger partial charge in [0.1, 0.15) is 5.75 Å². The van der Waals surface area contributed by atoms with Crippen molar-refractivity contribution in [1.29, 1.82) is 0 Å². The molecule has 1 aromatic rings. The van der Waals surface area contributed by atoms with Crippen LogP contribution in [0.1, 0.15) is 44.0 Å². The van der Waals surface area contributed by atoms with Crippen molar-refractivity contribution >= 4 is 11.8 Å². The standard InChI is InChI=1S/C19H28N2O3/c1-4-13-24-17-7-5-16(6-8-17)19(23)21-11-9-20(10-12-21)18(22)14-15(2)3/h5-8,15H,4,9-14H2,1-3H3. The van der Waals surface area contributed by atoms with Crippen molar-refractivity contribution in [3.8, 4) is 5.75 Å². The van der Waals surface area contributed by atoms with E-state index in [4.69, 9.17) is 4.74 Å². The first-order valence-corrected chi connectivity index (χ1v) is 8.81. The molecule has 1 aromatic carbocycles. The number of amides is 2. The summed E-state index contributed by atoms with van der Waals surface area (Å²) in [5.74, 6) is 1.37. The first-order chi connectivity index (χ1) is 11.5. The van der Waals surface area contributed by atoms with Gasteiger partial charge in [-0.3, -0.25) is 9.59 Å². The van der Waals surface area contributed by atoms with E-state index in [1.54, 1.807) is 0 Å². The van der Waals surface area contributed by atoms with E-state index in [0.29, 0.717) is 50.7 Å². The molecule has 0 saturated carbocycles. The van der Waals surface area contributed by atoms with E-state index in [1.165, 1.54) is 0 Å². The minimum absolute atomic E-state index is 0.0213. The van der Waals surface area contributed by atoms with Crippen molar-refractivity contribution in [1.82, 2.24) is 9.80 Å². The Bertz CT molecular complexity index is 546. The van der Waals surface area contributed by atoms with E-state index in [1.807, 2.05) is 47.9 Å². The fourth-order valence-corrected chi connectivity index (χ4v) is 2.73. The van der Waals surface area contributed by atoms with Gasteiger partial charge in [-0.05, 0) is 36.6 Å². The van der Waals surface area contributed by atoms with Gasteiger partial charge in [0, 0.05) is 38.2 Å². The molecule has 2 amide bonds. The minimum Gasteiger partial charge on any atom is -0.494 e. The van der Waals surface area contributed by atoms with Crippen LogP contribution in [0.2, 0.25) is 0 Å². The molecule has 1 aliphatic rings. The molecule has 1 aliphatic heterocycles. The molecule has 5 heteroatoms. The van der Waals surface area contributed by atoms with Crippen molar-refractivity contribution in [3.05, 3.63) is 29.8 Å². The normalized spacial score (nSPS) is 14.8. The van der Waals surface area contributed by atoms with E-state index >= 15 is 0 Å². The molecule has 2 rings (SSSR count). The van der Waals surface area contributed by atoms with Gasteiger partial charge in [-0.15, -0.1) is 0 Å². The number of carbonyl (C=O) groups is 2. The maximum absolute atomic E-state index is 12.6. The second-order valence-corrected chi connectivity index (χ2v) is 6.64. The van der Waals surface area contributed by atoms with Gasteiger partial charge < -0.3 is 14.5 Å². The van der Waals surface area contributed by atoms with Gasteiger partial charge in [-0.2, -0.15) is 0 Å². The van der Waals surface area contributed by atoms with Crippen LogP contribution in [-0.2, 0) is 4.79 Å². The fraction of sp³-hybridized carbons (Fsp3) is 0.579. The van der Waals surface area contributed by atoms with Crippen molar-refractivity contribution in [2.24, 2.45) is 5.92 Å². The molecule has 24 heavy (non-hydrogen) atoms. The van der Waals surface area contributed by atoms with E-state index in [9.17, 15) is 9.59 Å². The Morgan fingerprint density at radius 2 is 1.62 bits per heavy atom. The van der Waals surface area contributed by atoms with Crippen LogP contribution >= 0.6 is 0 Å². The van der Waals surface area contributed by atoms with Crippen LogP contribution in [0.3, 0.4) is 0 Å². The Morgan fingerprint density at radius 3 is 2.17 bits per heavy atom. The van der Waals surface area contributed by atoms with Crippen LogP contribution in [0, 0.1) is 5.92 Å². The highest BCUT2D eigenvalue weighted by Crippen LogP contribution is 2.15. The average Bonchev–Trinajstić information content (AvgIpc) is 2.59. The summed E-state index contributed by atoms with van der Waals surface area (Å²) >= 11 is 0. The molecule has 0 N–H and O–H groups in total. The van der Waals surface area contributed by atoms with Gasteiger partial charge in [-0.25, -0.2) is 0 Å². The van der Waals surface area contributed by atoms with Crippen LogP contribution in [0.5, 0.6) is 5.75 Å². The largest absolute Gasteiger partial charge is 0.494 e. The number of ether oxygens (including phenoxy) is 1. The van der Waals surface area contributed by atoms with Gasteiger partial charge in [0.2, 0.25) is 5.91 Å². The first-order valence-electron chi connectivity index (χ1n) is 8.81. The lowest BCUT2D eigenvalue weighted by Crippen LogP contribution is -2.50. The molecule has 1 fully saturated rings. The molecule has 132 valence electrons. The number of piperazine rings is 1. The molecule has 1 saturated heterocycles. The highest BCUT2D eigenvalue weighted by atomic mass is 16.5. The van der Waals surface area contributed by atoms with E-state index in [0.717, 1.165) is 12.2 Å². The molecule has 0 bridgehead atoms. The van der Waals surface area contributed by atoms with Gasteiger partial charge in [-0.1, -0.05) is 20.8 Å². The molecule has 0 atom stereocenters. The van der Waals surface area contributed by atoms with Crippen molar-refractivity contribution < 1.29 is 14.3 Å². The number of hydrogen-bond acceptors (Lipinski definition) is 3. The van der Waals surface area contributed by atoms with Crippen LogP contribution in [0.4, 0.5) is 0 Å². The van der Waals surface area contributed by atoms with Gasteiger partial charge >= 0.3 is 0 Å². The summed E-state index contributed by atoms with van der Waals surface area (Å²) in [5.41, 5.74) is 0.667. The second-order valence-electron chi connectivity index (χ2n) is 6.64. The maximum atomic E-state index is 12.6. The number of nitrogens with zero attached hydrogens (tertiary/aromatic N) is 2. The lowest BCUT2D eigenvalue weighted by molar-refractivity contribution is -0.133. The summed E-state index contributed by atoms with van der Waals surface area (Å²) in [7, 11) is 0. The van der Waals surface area contributed by atoms with Gasteiger partial charge in [0.15, 0.2) is 0 Å². The number of hydrogen-bond donors (Lipinski definition) is 0. The number of benzene rings is 1. The molecule has 0 aliphatic carbocycles. The molecule has 5 nitrogen and oxygen atoms in total. The molecular weight excluding hydrogens is 304 g/mol. The number of carbonyl (C=O) groups excluding carboxylic acids is 2. The Labute approximate surface area is 144 Å². The van der Waals surface area contributed by atoms with Crippen molar-refractivity contribution in [3.63, 3.8) is 0 Å². The van der Waals surface area contributed by atoms with E-state index in [-0.39, 0.29) is 11.8 Å². The number of rotatable bonds is 6. The zero-order valence-electron chi connectivity index (χ0n) is 15.0. The zero-order chi connectivity index (χ0) is 17.5. The third-order valence-electron chi connectivity index (χ3n) is 4.08.